The molecular formula is C9H15N2O6P. The second-order valence-electron chi connectivity index (χ2n) is 3.61. The van der Waals surface area contributed by atoms with Gasteiger partial charge >= 0.3 is 5.91 Å². The van der Waals surface area contributed by atoms with E-state index in [1.54, 1.807) is 0 Å². The van der Waals surface area contributed by atoms with Gasteiger partial charge in [0.1, 0.15) is 5.85 Å². The highest BCUT2D eigenvalue weighted by atomic mass is 31.2. The Morgan fingerprint density at radius 1 is 1.61 bits per heavy atom. The Labute approximate surface area is 103 Å². The number of aliphatic hydroxyl groups excluding tert-OH is 1. The molecule has 5 N–H and O–H groups in total. The molecule has 18 heavy (non-hydrogen) atoms. The fraction of sp³-hybridized carbons (Fsp3) is 0.444. The lowest BCUT2D eigenvalue weighted by Gasteiger charge is -2.19. The third-order valence-corrected chi connectivity index (χ3v) is 4.01. The van der Waals surface area contributed by atoms with E-state index in [9.17, 15) is 24.6 Å². The molecule has 1 rings (SSSR count). The Morgan fingerprint density at radius 2 is 2.28 bits per heavy atom. The van der Waals surface area contributed by atoms with Gasteiger partial charge in [-0.3, -0.25) is 14.6 Å². The molecule has 0 aliphatic carbocycles. The number of rotatable bonds is 6. The average Bonchev–Trinajstić information content (AvgIpc) is 2.88. The smallest absolute Gasteiger partial charge is 0.312 e. The third kappa shape index (κ3) is 3.66. The zero-order chi connectivity index (χ0) is 13.8. The molecule has 2 atom stereocenters. The molecule has 1 aromatic heterocycles. The van der Waals surface area contributed by atoms with E-state index in [-0.39, 0.29) is 18.7 Å². The summed E-state index contributed by atoms with van der Waals surface area (Å²) in [6.07, 6.45) is 0.436. The topological polar surface area (TPSA) is 137 Å². The molecule has 0 aromatic carbocycles. The van der Waals surface area contributed by atoms with Crippen LogP contribution in [-0.4, -0.2) is 44.9 Å². The number of carbonyl (C=O) groups is 1. The van der Waals surface area contributed by atoms with Crippen LogP contribution in [-0.2, 0) is 4.57 Å². The van der Waals surface area contributed by atoms with Gasteiger partial charge in [0.15, 0.2) is 5.76 Å². The number of nitrogens with zero attached hydrogens (tertiary/aromatic N) is 1. The average molecular weight is 278 g/mol. The van der Waals surface area contributed by atoms with Crippen molar-refractivity contribution >= 4 is 13.3 Å². The van der Waals surface area contributed by atoms with Crippen LogP contribution in [0.1, 0.15) is 17.0 Å². The van der Waals surface area contributed by atoms with Crippen LogP contribution in [0.3, 0.4) is 0 Å². The van der Waals surface area contributed by atoms with E-state index in [2.05, 4.69) is 0 Å². The lowest BCUT2D eigenvalue weighted by Crippen LogP contribution is -2.30. The van der Waals surface area contributed by atoms with Gasteiger partial charge < -0.3 is 20.2 Å². The first-order valence-electron chi connectivity index (χ1n) is 5.12. The highest BCUT2D eigenvalue weighted by molar-refractivity contribution is 7.58. The van der Waals surface area contributed by atoms with Crippen molar-refractivity contribution in [1.82, 2.24) is 5.06 Å². The van der Waals surface area contributed by atoms with Crippen LogP contribution < -0.4 is 5.73 Å². The lowest BCUT2D eigenvalue weighted by molar-refractivity contribution is -0.0637. The molecule has 102 valence electrons. The molecule has 1 aromatic rings. The minimum absolute atomic E-state index is 0.0713. The van der Waals surface area contributed by atoms with Gasteiger partial charge in [0.25, 0.3) is 0 Å². The zero-order valence-corrected chi connectivity index (χ0v) is 10.4. The van der Waals surface area contributed by atoms with Gasteiger partial charge in [0.05, 0.1) is 19.1 Å². The van der Waals surface area contributed by atoms with Gasteiger partial charge in [-0.1, -0.05) is 0 Å². The maximum Gasteiger partial charge on any atom is 0.312 e. The standard InChI is InChI=1S/C9H15N2O6P/c10-6-18(15,16)8(12)3-4-11(14)9(13)7-2-1-5-17-7/h1-2,5,8,12,14H,3-4,6,10H2,(H,15,16). The Balaban J connectivity index is 2.49. The van der Waals surface area contributed by atoms with Crippen LogP contribution in [0.5, 0.6) is 0 Å². The van der Waals surface area contributed by atoms with Crippen LogP contribution in [0.15, 0.2) is 22.8 Å². The lowest BCUT2D eigenvalue weighted by atomic mass is 10.4. The molecule has 0 aliphatic heterocycles. The molecule has 9 heteroatoms. The van der Waals surface area contributed by atoms with Crippen molar-refractivity contribution in [2.24, 2.45) is 5.73 Å². The predicted molar refractivity (Wildman–Crippen MR) is 61.0 cm³/mol. The number of furan rings is 1. The normalized spacial score (nSPS) is 16.0. The SMILES string of the molecule is NCP(=O)(O)C(O)CCN(O)C(=O)c1ccco1. The number of carbonyl (C=O) groups excluding carboxylic acids is 1. The predicted octanol–water partition coefficient (Wildman–Crippen LogP) is 0.00610. The minimum atomic E-state index is -3.85. The van der Waals surface area contributed by atoms with E-state index in [4.69, 9.17) is 10.2 Å². The van der Waals surface area contributed by atoms with Gasteiger partial charge in [-0.15, -0.1) is 0 Å². The third-order valence-electron chi connectivity index (χ3n) is 2.29. The monoisotopic (exact) mass is 278 g/mol. The summed E-state index contributed by atoms with van der Waals surface area (Å²) in [7, 11) is -3.85. The molecule has 0 aliphatic rings. The summed E-state index contributed by atoms with van der Waals surface area (Å²) >= 11 is 0. The number of hydrogen-bond acceptors (Lipinski definition) is 6. The Kier molecular flexibility index (Phi) is 5.06. The molecule has 0 saturated heterocycles. The summed E-state index contributed by atoms with van der Waals surface area (Å²) in [5, 5.41) is 19.1. The van der Waals surface area contributed by atoms with Gasteiger partial charge in [0.2, 0.25) is 7.37 Å². The van der Waals surface area contributed by atoms with Crippen molar-refractivity contribution in [2.75, 3.05) is 12.8 Å². The van der Waals surface area contributed by atoms with Crippen LogP contribution >= 0.6 is 7.37 Å². The summed E-state index contributed by atoms with van der Waals surface area (Å²) in [6, 6.07) is 2.84. The van der Waals surface area contributed by atoms with Crippen molar-refractivity contribution < 1.29 is 29.0 Å². The van der Waals surface area contributed by atoms with Crippen molar-refractivity contribution in [1.29, 1.82) is 0 Å². The summed E-state index contributed by atoms with van der Waals surface area (Å²) in [5.41, 5.74) is 5.02. The molecule has 2 unspecified atom stereocenters. The van der Waals surface area contributed by atoms with E-state index in [0.29, 0.717) is 5.06 Å². The fourth-order valence-electron chi connectivity index (χ4n) is 1.19. The Morgan fingerprint density at radius 3 is 2.78 bits per heavy atom. The number of aliphatic hydroxyl groups is 1. The quantitative estimate of drug-likeness (QED) is 0.326. The molecule has 1 heterocycles. The zero-order valence-electron chi connectivity index (χ0n) is 9.47. The summed E-state index contributed by atoms with van der Waals surface area (Å²) < 4.78 is 16.0. The number of amides is 1. The second-order valence-corrected chi connectivity index (χ2v) is 6.09. The second kappa shape index (κ2) is 6.12. The van der Waals surface area contributed by atoms with E-state index in [0.717, 1.165) is 0 Å². The first-order chi connectivity index (χ1) is 8.38. The largest absolute Gasteiger partial charge is 0.459 e. The molecule has 8 nitrogen and oxygen atoms in total. The van der Waals surface area contributed by atoms with Gasteiger partial charge in [-0.05, 0) is 12.1 Å². The van der Waals surface area contributed by atoms with E-state index < -0.39 is 25.4 Å². The van der Waals surface area contributed by atoms with E-state index in [1.165, 1.54) is 18.4 Å². The number of nitrogens with two attached hydrogens (primary N) is 1. The molecular weight excluding hydrogens is 263 g/mol. The minimum Gasteiger partial charge on any atom is -0.459 e. The first-order valence-corrected chi connectivity index (χ1v) is 7.03. The van der Waals surface area contributed by atoms with Crippen molar-refractivity contribution in [2.45, 2.75) is 12.3 Å². The molecule has 1 amide bonds. The van der Waals surface area contributed by atoms with Crippen LogP contribution in [0.25, 0.3) is 0 Å². The maximum atomic E-state index is 11.5. The highest BCUT2D eigenvalue weighted by Crippen LogP contribution is 2.44. The van der Waals surface area contributed by atoms with E-state index >= 15 is 0 Å². The van der Waals surface area contributed by atoms with Crippen molar-refractivity contribution in [3.8, 4) is 0 Å². The Hall–Kier alpha value is -1.18. The van der Waals surface area contributed by atoms with Gasteiger partial charge in [-0.2, -0.15) is 0 Å². The van der Waals surface area contributed by atoms with Gasteiger partial charge in [0, 0.05) is 6.42 Å². The molecule has 0 fully saturated rings. The first kappa shape index (κ1) is 14.9. The van der Waals surface area contributed by atoms with Crippen molar-refractivity contribution in [3.05, 3.63) is 24.2 Å². The molecule has 0 saturated carbocycles. The summed E-state index contributed by atoms with van der Waals surface area (Å²) in [5.74, 6) is -2.45. The summed E-state index contributed by atoms with van der Waals surface area (Å²) in [6.45, 7) is -0.314. The van der Waals surface area contributed by atoms with Crippen LogP contribution in [0, 0.1) is 0 Å². The number of hydrogen-bond donors (Lipinski definition) is 4. The maximum absolute atomic E-state index is 11.5. The molecule has 0 radical (unpaired) electrons. The summed E-state index contributed by atoms with van der Waals surface area (Å²) in [4.78, 5) is 20.7. The van der Waals surface area contributed by atoms with Crippen LogP contribution in [0.2, 0.25) is 0 Å². The molecule has 0 bridgehead atoms. The van der Waals surface area contributed by atoms with E-state index in [1.807, 2.05) is 0 Å². The highest BCUT2D eigenvalue weighted by Gasteiger charge is 2.28. The fourth-order valence-corrected chi connectivity index (χ4v) is 1.95. The van der Waals surface area contributed by atoms with Crippen LogP contribution in [0.4, 0.5) is 0 Å². The number of hydroxylamine groups is 2. The van der Waals surface area contributed by atoms with Gasteiger partial charge in [-0.25, -0.2) is 5.06 Å². The van der Waals surface area contributed by atoms with Crippen molar-refractivity contribution in [3.63, 3.8) is 0 Å². The molecule has 0 spiro atoms. The Bertz CT molecular complexity index is 434.